The zero-order valence-corrected chi connectivity index (χ0v) is 16.6. The Morgan fingerprint density at radius 2 is 2.04 bits per heavy atom. The maximum absolute atomic E-state index is 14.0. The van der Waals surface area contributed by atoms with E-state index in [4.69, 9.17) is 11.6 Å². The third-order valence-electron chi connectivity index (χ3n) is 4.97. The second-order valence-corrected chi connectivity index (χ2v) is 8.23. The summed E-state index contributed by atoms with van der Waals surface area (Å²) in [5.41, 5.74) is 2.86. The summed E-state index contributed by atoms with van der Waals surface area (Å²) >= 11 is 7.30. The van der Waals surface area contributed by atoms with E-state index in [2.05, 4.69) is 30.5 Å². The van der Waals surface area contributed by atoms with E-state index in [1.165, 1.54) is 23.6 Å². The molecule has 10 heteroatoms. The maximum Gasteiger partial charge on any atom is 0.167 e. The maximum atomic E-state index is 14.0. The number of anilines is 2. The zero-order chi connectivity index (χ0) is 19.4. The Balaban J connectivity index is 1.41. The molecule has 0 radical (unpaired) electrons. The van der Waals surface area contributed by atoms with E-state index < -0.39 is 5.82 Å². The molecule has 0 unspecified atom stereocenters. The second-order valence-electron chi connectivity index (χ2n) is 6.80. The van der Waals surface area contributed by atoms with Crippen LogP contribution in [0.2, 0.25) is 5.02 Å². The van der Waals surface area contributed by atoms with Gasteiger partial charge in [0.2, 0.25) is 0 Å². The Morgan fingerprint density at radius 3 is 2.82 bits per heavy atom. The smallest absolute Gasteiger partial charge is 0.167 e. The number of nitrogens with zero attached hydrogens (tertiary/aromatic N) is 6. The minimum absolute atomic E-state index is 0.133. The molecule has 4 aromatic rings. The van der Waals surface area contributed by atoms with Gasteiger partial charge in [0.25, 0.3) is 0 Å². The molecule has 142 valence electrons. The third kappa shape index (κ3) is 2.73. The molecule has 5 heterocycles. The Labute approximate surface area is 168 Å². The van der Waals surface area contributed by atoms with E-state index in [1.54, 1.807) is 6.33 Å². The molecule has 1 fully saturated rings. The van der Waals surface area contributed by atoms with Crippen molar-refractivity contribution in [3.8, 4) is 0 Å². The van der Waals surface area contributed by atoms with Gasteiger partial charge in [-0.05, 0) is 25.5 Å². The summed E-state index contributed by atoms with van der Waals surface area (Å²) in [6.07, 6.45) is 3.01. The predicted octanol–water partition coefficient (Wildman–Crippen LogP) is 3.74. The van der Waals surface area contributed by atoms with Crippen LogP contribution in [0.5, 0.6) is 0 Å². The highest BCUT2D eigenvalue weighted by molar-refractivity contribution is 7.25. The first kappa shape index (κ1) is 17.4. The SMILES string of the molecule is Cc1nnc2sc3c(NC4CN(c5ncc(Cl)cc5F)C4)ncnc3c2c1C. The Hall–Kier alpha value is -2.65. The van der Waals surface area contributed by atoms with Crippen molar-refractivity contribution >= 4 is 55.0 Å². The molecule has 5 rings (SSSR count). The molecule has 0 bridgehead atoms. The van der Waals surface area contributed by atoms with Gasteiger partial charge in [-0.2, -0.15) is 5.10 Å². The summed E-state index contributed by atoms with van der Waals surface area (Å²) in [7, 11) is 0. The zero-order valence-electron chi connectivity index (χ0n) is 15.1. The van der Waals surface area contributed by atoms with Crippen LogP contribution >= 0.6 is 22.9 Å². The minimum Gasteiger partial charge on any atom is -0.362 e. The number of pyridine rings is 1. The highest BCUT2D eigenvalue weighted by Crippen LogP contribution is 2.37. The molecule has 0 amide bonds. The van der Waals surface area contributed by atoms with Crippen molar-refractivity contribution < 1.29 is 4.39 Å². The van der Waals surface area contributed by atoms with E-state index in [1.807, 2.05) is 18.7 Å². The van der Waals surface area contributed by atoms with Crippen molar-refractivity contribution in [3.63, 3.8) is 0 Å². The topological polar surface area (TPSA) is 79.7 Å². The number of rotatable bonds is 3. The molecule has 7 nitrogen and oxygen atoms in total. The van der Waals surface area contributed by atoms with Gasteiger partial charge in [0.15, 0.2) is 11.6 Å². The molecule has 1 N–H and O–H groups in total. The largest absolute Gasteiger partial charge is 0.362 e. The fourth-order valence-electron chi connectivity index (χ4n) is 3.36. The van der Waals surface area contributed by atoms with Crippen LogP contribution in [0.25, 0.3) is 20.4 Å². The lowest BCUT2D eigenvalue weighted by molar-refractivity contribution is 0.521. The van der Waals surface area contributed by atoms with Gasteiger partial charge in [0.1, 0.15) is 17.0 Å². The summed E-state index contributed by atoms with van der Waals surface area (Å²) in [6, 6.07) is 1.41. The summed E-state index contributed by atoms with van der Waals surface area (Å²) in [5.74, 6) is 0.669. The lowest BCUT2D eigenvalue weighted by Crippen LogP contribution is -2.55. The normalized spacial score (nSPS) is 14.6. The van der Waals surface area contributed by atoms with Crippen molar-refractivity contribution in [2.45, 2.75) is 19.9 Å². The molecule has 1 aliphatic heterocycles. The fraction of sp³-hybridized carbons (Fsp3) is 0.278. The standard InChI is InChI=1S/C18H15ClFN7S/c1-8-9(2)25-26-18-13(8)14-15(28-18)16(23-7-22-14)24-11-5-27(6-11)17-12(20)3-10(19)4-21-17/h3-4,7,11H,5-6H2,1-2H3,(H,22,23,24). The number of nitrogens with one attached hydrogen (secondary N) is 1. The van der Waals surface area contributed by atoms with Gasteiger partial charge in [-0.1, -0.05) is 11.6 Å². The van der Waals surface area contributed by atoms with Gasteiger partial charge in [-0.3, -0.25) is 0 Å². The van der Waals surface area contributed by atoms with Gasteiger partial charge in [0, 0.05) is 24.7 Å². The molecule has 0 aromatic carbocycles. The second kappa shape index (κ2) is 6.46. The molecular formula is C18H15ClFN7S. The average molecular weight is 416 g/mol. The van der Waals surface area contributed by atoms with Gasteiger partial charge in [0.05, 0.1) is 27.0 Å². The number of aromatic nitrogens is 5. The number of aryl methyl sites for hydroxylation is 2. The molecule has 1 saturated heterocycles. The highest BCUT2D eigenvalue weighted by atomic mass is 35.5. The molecule has 28 heavy (non-hydrogen) atoms. The lowest BCUT2D eigenvalue weighted by atomic mass is 10.1. The van der Waals surface area contributed by atoms with Crippen LogP contribution in [-0.4, -0.2) is 44.3 Å². The lowest BCUT2D eigenvalue weighted by Gasteiger charge is -2.40. The minimum atomic E-state index is -0.413. The van der Waals surface area contributed by atoms with E-state index in [-0.39, 0.29) is 6.04 Å². The first-order valence-electron chi connectivity index (χ1n) is 8.71. The van der Waals surface area contributed by atoms with E-state index in [0.717, 1.165) is 37.5 Å². The summed E-state index contributed by atoms with van der Waals surface area (Å²) in [6.45, 7) is 5.23. The monoisotopic (exact) mass is 415 g/mol. The summed E-state index contributed by atoms with van der Waals surface area (Å²) in [4.78, 5) is 15.7. The molecule has 1 aliphatic rings. The van der Waals surface area contributed by atoms with Gasteiger partial charge < -0.3 is 10.2 Å². The number of hydrogen-bond donors (Lipinski definition) is 1. The van der Waals surface area contributed by atoms with Gasteiger partial charge >= 0.3 is 0 Å². The van der Waals surface area contributed by atoms with E-state index in [9.17, 15) is 4.39 Å². The number of fused-ring (bicyclic) bond motifs is 3. The van der Waals surface area contributed by atoms with Crippen LogP contribution in [0.1, 0.15) is 11.3 Å². The molecular weight excluding hydrogens is 401 g/mol. The molecule has 0 spiro atoms. The van der Waals surface area contributed by atoms with Crippen LogP contribution in [0, 0.1) is 19.7 Å². The number of hydrogen-bond acceptors (Lipinski definition) is 8. The van der Waals surface area contributed by atoms with Crippen LogP contribution in [0.15, 0.2) is 18.6 Å². The van der Waals surface area contributed by atoms with Crippen molar-refractivity contribution in [1.29, 1.82) is 0 Å². The summed E-state index contributed by atoms with van der Waals surface area (Å²) < 4.78 is 15.0. The van der Waals surface area contributed by atoms with Gasteiger partial charge in [-0.15, -0.1) is 16.4 Å². The van der Waals surface area contributed by atoms with Gasteiger partial charge in [-0.25, -0.2) is 19.3 Å². The van der Waals surface area contributed by atoms with Crippen LogP contribution in [-0.2, 0) is 0 Å². The van der Waals surface area contributed by atoms with Crippen molar-refractivity contribution in [1.82, 2.24) is 25.1 Å². The number of thiophene rings is 1. The van der Waals surface area contributed by atoms with E-state index >= 15 is 0 Å². The van der Waals surface area contributed by atoms with Crippen LogP contribution < -0.4 is 10.2 Å². The average Bonchev–Trinajstić information content (AvgIpc) is 3.02. The summed E-state index contributed by atoms with van der Waals surface area (Å²) in [5, 5.41) is 13.3. The molecule has 0 aliphatic carbocycles. The van der Waals surface area contributed by atoms with Crippen LogP contribution in [0.4, 0.5) is 16.0 Å². The molecule has 0 saturated carbocycles. The Kier molecular flexibility index (Phi) is 4.02. The third-order valence-corrected chi connectivity index (χ3v) is 6.25. The first-order chi connectivity index (χ1) is 13.5. The van der Waals surface area contributed by atoms with E-state index in [0.29, 0.717) is 23.9 Å². The molecule has 4 aromatic heterocycles. The first-order valence-corrected chi connectivity index (χ1v) is 9.90. The number of halogens is 2. The fourth-order valence-corrected chi connectivity index (χ4v) is 4.59. The predicted molar refractivity (Wildman–Crippen MR) is 109 cm³/mol. The van der Waals surface area contributed by atoms with Crippen molar-refractivity contribution in [2.24, 2.45) is 0 Å². The Morgan fingerprint density at radius 1 is 1.21 bits per heavy atom. The molecule has 0 atom stereocenters. The van der Waals surface area contributed by atoms with Crippen LogP contribution in [0.3, 0.4) is 0 Å². The quantitative estimate of drug-likeness (QED) is 0.546. The van der Waals surface area contributed by atoms with Crippen molar-refractivity contribution in [3.05, 3.63) is 40.7 Å². The van der Waals surface area contributed by atoms with Crippen molar-refractivity contribution in [2.75, 3.05) is 23.3 Å². The Bertz CT molecular complexity index is 1220. The highest BCUT2D eigenvalue weighted by Gasteiger charge is 2.30.